The molecule has 4 heteroatoms. The van der Waals surface area contributed by atoms with Crippen molar-refractivity contribution < 1.29 is 0 Å². The van der Waals surface area contributed by atoms with Crippen LogP contribution in [-0.2, 0) is 0 Å². The molecule has 3 aliphatic heterocycles. The standard InChI is InChI=1S/C40H58N4/c1-29-17-18-35(33-21-23-43-25-33)27-44(37-20-19-31-10-3-4-11-32(31)24-37)28-36(39-15-7-6-14-38(39)30(29)2)12-5-8-16-40(41)34-13-9-22-42-26-34/h3-4,6,9-11,13-14,16,19-20,26,29,31-33,35-37,39,42-43H,5,7-8,12,15,17-18,21-25,27-28,41H2,1-2H3/b38-30+,40-16-/t29?,31?,32?,33?,35?,36-,37?,39?/m1/s1. The largest absolute Gasteiger partial charge is 0.398 e. The maximum absolute atomic E-state index is 6.51. The normalized spacial score (nSPS) is 38.0. The fourth-order valence-corrected chi connectivity index (χ4v) is 8.97. The highest BCUT2D eigenvalue weighted by Gasteiger charge is 2.36. The van der Waals surface area contributed by atoms with E-state index < -0.39 is 0 Å². The molecule has 0 aromatic carbocycles. The van der Waals surface area contributed by atoms with E-state index in [2.05, 4.69) is 102 Å². The molecule has 3 heterocycles. The smallest absolute Gasteiger partial charge is 0.0361 e. The zero-order valence-electron chi connectivity index (χ0n) is 27.5. The van der Waals surface area contributed by atoms with Crippen molar-refractivity contribution in [2.75, 3.05) is 32.7 Å². The van der Waals surface area contributed by atoms with Gasteiger partial charge in [-0.05, 0) is 119 Å². The molecular weight excluding hydrogens is 536 g/mol. The lowest BCUT2D eigenvalue weighted by molar-refractivity contribution is 0.105. The first-order valence-electron chi connectivity index (χ1n) is 18.0. The van der Waals surface area contributed by atoms with Crippen LogP contribution in [0.25, 0.3) is 0 Å². The summed E-state index contributed by atoms with van der Waals surface area (Å²) >= 11 is 0. The van der Waals surface area contributed by atoms with Crippen molar-refractivity contribution >= 4 is 0 Å². The highest BCUT2D eigenvalue weighted by Crippen LogP contribution is 2.41. The van der Waals surface area contributed by atoms with Crippen molar-refractivity contribution in [2.45, 2.75) is 77.7 Å². The highest BCUT2D eigenvalue weighted by molar-refractivity contribution is 5.39. The van der Waals surface area contributed by atoms with Crippen LogP contribution in [0, 0.1) is 41.4 Å². The average molecular weight is 595 g/mol. The topological polar surface area (TPSA) is 53.3 Å². The summed E-state index contributed by atoms with van der Waals surface area (Å²) in [5.74, 6) is 4.76. The maximum atomic E-state index is 6.51. The predicted octanol–water partition coefficient (Wildman–Crippen LogP) is 7.59. The predicted molar refractivity (Wildman–Crippen MR) is 187 cm³/mol. The number of nitrogens with two attached hydrogens (primary N) is 1. The number of rotatable bonds is 7. The fraction of sp³-hybridized carbons (Fsp3) is 0.600. The van der Waals surface area contributed by atoms with Gasteiger partial charge in [0, 0.05) is 49.1 Å². The van der Waals surface area contributed by atoms with Crippen LogP contribution in [0.3, 0.4) is 0 Å². The van der Waals surface area contributed by atoms with E-state index in [1.54, 1.807) is 11.1 Å². The summed E-state index contributed by atoms with van der Waals surface area (Å²) < 4.78 is 0. The van der Waals surface area contributed by atoms with Crippen molar-refractivity contribution in [3.8, 4) is 0 Å². The maximum Gasteiger partial charge on any atom is 0.0361 e. The summed E-state index contributed by atoms with van der Waals surface area (Å²) in [5.41, 5.74) is 11.9. The Morgan fingerprint density at radius 2 is 1.91 bits per heavy atom. The lowest BCUT2D eigenvalue weighted by atomic mass is 9.73. The van der Waals surface area contributed by atoms with Crippen LogP contribution in [0.1, 0.15) is 71.6 Å². The van der Waals surface area contributed by atoms with E-state index >= 15 is 0 Å². The molecule has 7 unspecified atom stereocenters. The van der Waals surface area contributed by atoms with Gasteiger partial charge in [-0.2, -0.15) is 0 Å². The highest BCUT2D eigenvalue weighted by atomic mass is 15.2. The van der Waals surface area contributed by atoms with Gasteiger partial charge in [0.25, 0.3) is 0 Å². The molecule has 0 radical (unpaired) electrons. The first kappa shape index (κ1) is 31.4. The second-order valence-corrected chi connectivity index (χ2v) is 14.6. The molecule has 1 saturated heterocycles. The molecule has 6 aliphatic rings. The Bertz CT molecular complexity index is 1220. The zero-order chi connectivity index (χ0) is 30.3. The van der Waals surface area contributed by atoms with Gasteiger partial charge in [0.05, 0.1) is 0 Å². The zero-order valence-corrected chi connectivity index (χ0v) is 27.5. The monoisotopic (exact) mass is 594 g/mol. The number of fused-ring (bicyclic) bond motifs is 2. The SMILES string of the molecule is C/C1=C2/C=CCCC2[C@H](CCC/C=C(\N)C2=CNCC=C2)CN(C2C=CC3C=CC=CC3C2)CC(C2CCNC2)CCC1C. The van der Waals surface area contributed by atoms with Gasteiger partial charge in [0.15, 0.2) is 0 Å². The van der Waals surface area contributed by atoms with E-state index in [1.165, 1.54) is 77.5 Å². The van der Waals surface area contributed by atoms with Gasteiger partial charge in [0.2, 0.25) is 0 Å². The summed E-state index contributed by atoms with van der Waals surface area (Å²) in [7, 11) is 0. The minimum Gasteiger partial charge on any atom is -0.398 e. The van der Waals surface area contributed by atoms with Crippen molar-refractivity contribution in [3.63, 3.8) is 0 Å². The lowest BCUT2D eigenvalue weighted by Gasteiger charge is -2.42. The molecule has 8 atom stereocenters. The van der Waals surface area contributed by atoms with Crippen LogP contribution in [0.2, 0.25) is 0 Å². The number of allylic oxidation sites excluding steroid dienone is 11. The second kappa shape index (κ2) is 15.1. The molecule has 238 valence electrons. The molecule has 6 rings (SSSR count). The van der Waals surface area contributed by atoms with Gasteiger partial charge in [-0.15, -0.1) is 0 Å². The number of dihydropyridines is 1. The molecule has 0 spiro atoms. The van der Waals surface area contributed by atoms with E-state index in [0.717, 1.165) is 36.1 Å². The first-order chi connectivity index (χ1) is 21.6. The molecule has 0 aromatic rings. The van der Waals surface area contributed by atoms with Crippen LogP contribution in [0.4, 0.5) is 0 Å². The molecule has 0 bridgehead atoms. The van der Waals surface area contributed by atoms with Crippen LogP contribution >= 0.6 is 0 Å². The Morgan fingerprint density at radius 3 is 2.75 bits per heavy atom. The molecule has 3 aliphatic carbocycles. The van der Waals surface area contributed by atoms with Crippen LogP contribution < -0.4 is 16.4 Å². The third-order valence-electron chi connectivity index (χ3n) is 11.9. The summed E-state index contributed by atoms with van der Waals surface area (Å²) in [6.45, 7) is 10.7. The van der Waals surface area contributed by atoms with Gasteiger partial charge >= 0.3 is 0 Å². The average Bonchev–Trinajstić information content (AvgIpc) is 3.61. The number of nitrogens with one attached hydrogen (secondary N) is 2. The molecule has 0 saturated carbocycles. The molecule has 4 N–H and O–H groups in total. The Labute approximate surface area is 268 Å². The van der Waals surface area contributed by atoms with Crippen LogP contribution in [0.15, 0.2) is 95.5 Å². The molecular formula is C40H58N4. The van der Waals surface area contributed by atoms with Crippen molar-refractivity contribution in [3.05, 3.63) is 95.5 Å². The van der Waals surface area contributed by atoms with Crippen molar-refractivity contribution in [1.82, 2.24) is 15.5 Å². The number of unbranched alkanes of at least 4 members (excludes halogenated alkanes) is 1. The van der Waals surface area contributed by atoms with Crippen LogP contribution in [-0.4, -0.2) is 43.7 Å². The quantitative estimate of drug-likeness (QED) is 0.210. The van der Waals surface area contributed by atoms with E-state index in [-0.39, 0.29) is 0 Å². The first-order valence-corrected chi connectivity index (χ1v) is 18.0. The van der Waals surface area contributed by atoms with Crippen LogP contribution in [0.5, 0.6) is 0 Å². The molecule has 4 nitrogen and oxygen atoms in total. The Hall–Kier alpha value is -2.56. The minimum absolute atomic E-state index is 0.533. The third kappa shape index (κ3) is 7.62. The molecule has 1 fully saturated rings. The van der Waals surface area contributed by atoms with Gasteiger partial charge in [0.1, 0.15) is 0 Å². The molecule has 0 amide bonds. The van der Waals surface area contributed by atoms with Gasteiger partial charge < -0.3 is 16.4 Å². The van der Waals surface area contributed by atoms with E-state index in [0.29, 0.717) is 35.6 Å². The second-order valence-electron chi connectivity index (χ2n) is 14.6. The van der Waals surface area contributed by atoms with Gasteiger partial charge in [-0.3, -0.25) is 4.90 Å². The summed E-state index contributed by atoms with van der Waals surface area (Å²) in [5, 5.41) is 7.02. The number of nitrogens with zero attached hydrogens (tertiary/aromatic N) is 1. The van der Waals surface area contributed by atoms with E-state index in [4.69, 9.17) is 5.73 Å². The Balaban J connectivity index is 1.28. The van der Waals surface area contributed by atoms with E-state index in [9.17, 15) is 0 Å². The van der Waals surface area contributed by atoms with E-state index in [1.807, 2.05) is 0 Å². The lowest BCUT2D eigenvalue weighted by Crippen LogP contribution is -2.46. The van der Waals surface area contributed by atoms with Gasteiger partial charge in [-0.1, -0.05) is 79.3 Å². The van der Waals surface area contributed by atoms with Gasteiger partial charge in [-0.25, -0.2) is 0 Å². The van der Waals surface area contributed by atoms with Crippen molar-refractivity contribution in [2.24, 2.45) is 47.2 Å². The summed E-state index contributed by atoms with van der Waals surface area (Å²) in [6.07, 6.45) is 39.4. The molecule has 0 aromatic heterocycles. The summed E-state index contributed by atoms with van der Waals surface area (Å²) in [4.78, 5) is 2.99. The molecule has 44 heavy (non-hydrogen) atoms. The van der Waals surface area contributed by atoms with Crippen molar-refractivity contribution in [1.29, 1.82) is 0 Å². The summed E-state index contributed by atoms with van der Waals surface area (Å²) in [6, 6.07) is 0.533. The number of hydrogen-bond acceptors (Lipinski definition) is 4. The fourth-order valence-electron chi connectivity index (χ4n) is 8.97. The Kier molecular flexibility index (Phi) is 10.8. The number of hydrogen-bond donors (Lipinski definition) is 3. The third-order valence-corrected chi connectivity index (χ3v) is 11.9. The Morgan fingerprint density at radius 1 is 1.00 bits per heavy atom. The minimum atomic E-state index is 0.533.